The lowest BCUT2D eigenvalue weighted by molar-refractivity contribution is 0.0437. The third-order valence-corrected chi connectivity index (χ3v) is 4.89. The predicted molar refractivity (Wildman–Crippen MR) is 115 cm³/mol. The average molecular weight is 476 g/mol. The third-order valence-electron chi connectivity index (χ3n) is 4.89. The van der Waals surface area contributed by atoms with Crippen LogP contribution in [-0.4, -0.2) is 54.7 Å². The van der Waals surface area contributed by atoms with Crippen molar-refractivity contribution in [3.8, 4) is 0 Å². The highest BCUT2D eigenvalue weighted by Crippen LogP contribution is 2.34. The van der Waals surface area contributed by atoms with Gasteiger partial charge in [-0.05, 0) is 57.6 Å². The molecule has 3 rings (SSSR count). The summed E-state index contributed by atoms with van der Waals surface area (Å²) >= 11 is 0. The van der Waals surface area contributed by atoms with Crippen molar-refractivity contribution >= 4 is 29.9 Å². The van der Waals surface area contributed by atoms with E-state index in [1.807, 2.05) is 6.92 Å². The average Bonchev–Trinajstić information content (AvgIpc) is 3.51. The SMILES string of the molecule is CCNC(=NCC(C)(O)c1ccco1)NCCN(CC1CC1)C1CC1.I. The third kappa shape index (κ3) is 6.74. The van der Waals surface area contributed by atoms with Gasteiger partial charge >= 0.3 is 0 Å². The molecular weight excluding hydrogens is 443 g/mol. The Kier molecular flexibility index (Phi) is 8.22. The summed E-state index contributed by atoms with van der Waals surface area (Å²) in [6.45, 7) is 8.01. The molecule has 1 heterocycles. The first-order chi connectivity index (χ1) is 12.1. The van der Waals surface area contributed by atoms with Gasteiger partial charge in [-0.2, -0.15) is 0 Å². The standard InChI is InChI=1S/C19H32N4O2.HI/c1-3-20-18(22-14-19(2,24)17-5-4-12-25-17)21-10-11-23(16-8-9-16)13-15-6-7-15;/h4-5,12,15-16,24H,3,6-11,13-14H2,1-2H3,(H2,20,21,22);1H. The fraction of sp³-hybridized carbons (Fsp3) is 0.737. The zero-order chi connectivity index (χ0) is 17.7. The maximum atomic E-state index is 10.5. The molecule has 0 radical (unpaired) electrons. The van der Waals surface area contributed by atoms with Gasteiger partial charge in [-0.15, -0.1) is 24.0 Å². The van der Waals surface area contributed by atoms with Crippen LogP contribution in [0.4, 0.5) is 0 Å². The van der Waals surface area contributed by atoms with Gasteiger partial charge in [0.25, 0.3) is 0 Å². The molecule has 3 N–H and O–H groups in total. The molecule has 2 aliphatic carbocycles. The molecule has 2 fully saturated rings. The quantitative estimate of drug-likeness (QED) is 0.275. The van der Waals surface area contributed by atoms with E-state index in [-0.39, 0.29) is 30.5 Å². The number of aliphatic imine (C=N–C) groups is 1. The number of halogens is 1. The van der Waals surface area contributed by atoms with Crippen LogP contribution >= 0.6 is 24.0 Å². The maximum Gasteiger partial charge on any atom is 0.191 e. The van der Waals surface area contributed by atoms with E-state index in [9.17, 15) is 5.11 Å². The molecule has 0 saturated heterocycles. The highest BCUT2D eigenvalue weighted by atomic mass is 127. The topological polar surface area (TPSA) is 73.0 Å². The van der Waals surface area contributed by atoms with Crippen molar-refractivity contribution in [1.29, 1.82) is 0 Å². The first-order valence-electron chi connectivity index (χ1n) is 9.61. The molecule has 148 valence electrons. The molecule has 0 bridgehead atoms. The van der Waals surface area contributed by atoms with E-state index in [2.05, 4.69) is 20.5 Å². The highest BCUT2D eigenvalue weighted by Gasteiger charge is 2.33. The van der Waals surface area contributed by atoms with Gasteiger partial charge in [0.05, 0.1) is 12.8 Å². The largest absolute Gasteiger partial charge is 0.466 e. The molecule has 2 saturated carbocycles. The van der Waals surface area contributed by atoms with Crippen LogP contribution in [0.1, 0.15) is 45.3 Å². The van der Waals surface area contributed by atoms with Crippen molar-refractivity contribution in [3.05, 3.63) is 24.2 Å². The highest BCUT2D eigenvalue weighted by molar-refractivity contribution is 14.0. The Hall–Kier alpha value is -0.800. The lowest BCUT2D eigenvalue weighted by Crippen LogP contribution is -2.43. The summed E-state index contributed by atoms with van der Waals surface area (Å²) in [5.41, 5.74) is -1.10. The van der Waals surface area contributed by atoms with E-state index in [0.29, 0.717) is 5.76 Å². The molecule has 0 spiro atoms. The number of nitrogens with one attached hydrogen (secondary N) is 2. The Morgan fingerprint density at radius 1 is 1.35 bits per heavy atom. The zero-order valence-electron chi connectivity index (χ0n) is 15.9. The predicted octanol–water partition coefficient (Wildman–Crippen LogP) is 2.53. The second-order valence-electron chi connectivity index (χ2n) is 7.54. The minimum absolute atomic E-state index is 0. The van der Waals surface area contributed by atoms with Crippen molar-refractivity contribution in [2.24, 2.45) is 10.9 Å². The molecule has 0 amide bonds. The van der Waals surface area contributed by atoms with Gasteiger partial charge in [0, 0.05) is 32.2 Å². The first-order valence-corrected chi connectivity index (χ1v) is 9.61. The van der Waals surface area contributed by atoms with Crippen LogP contribution in [0, 0.1) is 5.92 Å². The van der Waals surface area contributed by atoms with Crippen LogP contribution in [0.15, 0.2) is 27.8 Å². The normalized spacial score (nSPS) is 19.8. The molecule has 0 aliphatic heterocycles. The number of rotatable bonds is 10. The van der Waals surface area contributed by atoms with Crippen LogP contribution in [0.5, 0.6) is 0 Å². The van der Waals surface area contributed by atoms with Crippen molar-refractivity contribution in [2.45, 2.75) is 51.2 Å². The van der Waals surface area contributed by atoms with Crippen LogP contribution in [0.2, 0.25) is 0 Å². The molecule has 26 heavy (non-hydrogen) atoms. The number of guanidine groups is 1. The first kappa shape index (κ1) is 21.5. The summed E-state index contributed by atoms with van der Waals surface area (Å²) in [5, 5.41) is 17.2. The van der Waals surface area contributed by atoms with Crippen molar-refractivity contribution in [1.82, 2.24) is 15.5 Å². The Labute approximate surface area is 173 Å². The monoisotopic (exact) mass is 476 g/mol. The molecule has 1 aromatic heterocycles. The van der Waals surface area contributed by atoms with Gasteiger partial charge < -0.3 is 20.2 Å². The van der Waals surface area contributed by atoms with E-state index in [1.165, 1.54) is 32.2 Å². The molecular formula is C19H33IN4O2. The number of furan rings is 1. The van der Waals surface area contributed by atoms with Gasteiger partial charge in [-0.25, -0.2) is 4.99 Å². The molecule has 7 heteroatoms. The number of aliphatic hydroxyl groups is 1. The van der Waals surface area contributed by atoms with Crippen LogP contribution < -0.4 is 10.6 Å². The fourth-order valence-electron chi connectivity index (χ4n) is 3.05. The zero-order valence-corrected chi connectivity index (χ0v) is 18.2. The minimum atomic E-state index is -1.10. The van der Waals surface area contributed by atoms with Crippen LogP contribution in [-0.2, 0) is 5.60 Å². The van der Waals surface area contributed by atoms with E-state index in [4.69, 9.17) is 4.42 Å². The maximum absolute atomic E-state index is 10.5. The number of nitrogens with zero attached hydrogens (tertiary/aromatic N) is 2. The van der Waals surface area contributed by atoms with E-state index in [1.54, 1.807) is 25.3 Å². The van der Waals surface area contributed by atoms with Crippen LogP contribution in [0.25, 0.3) is 0 Å². The Bertz CT molecular complexity index is 554. The summed E-state index contributed by atoms with van der Waals surface area (Å²) in [5.74, 6) is 2.22. The van der Waals surface area contributed by atoms with E-state index >= 15 is 0 Å². The lowest BCUT2D eigenvalue weighted by Gasteiger charge is -2.23. The Morgan fingerprint density at radius 2 is 2.12 bits per heavy atom. The van der Waals surface area contributed by atoms with Crippen LogP contribution in [0.3, 0.4) is 0 Å². The van der Waals surface area contributed by atoms with Crippen molar-refractivity contribution in [2.75, 3.05) is 32.7 Å². The second kappa shape index (κ2) is 9.94. The summed E-state index contributed by atoms with van der Waals surface area (Å²) in [6.07, 6.45) is 7.09. The van der Waals surface area contributed by atoms with Gasteiger partial charge in [-0.3, -0.25) is 4.90 Å². The summed E-state index contributed by atoms with van der Waals surface area (Å²) in [6, 6.07) is 4.37. The smallest absolute Gasteiger partial charge is 0.191 e. The molecule has 2 aliphatic rings. The summed E-state index contributed by atoms with van der Waals surface area (Å²) in [4.78, 5) is 7.17. The molecule has 0 aromatic carbocycles. The van der Waals surface area contributed by atoms with Crippen molar-refractivity contribution < 1.29 is 9.52 Å². The minimum Gasteiger partial charge on any atom is -0.466 e. The molecule has 1 atom stereocenters. The number of hydrogen-bond donors (Lipinski definition) is 3. The number of hydrogen-bond acceptors (Lipinski definition) is 4. The second-order valence-corrected chi connectivity index (χ2v) is 7.54. The van der Waals surface area contributed by atoms with Gasteiger partial charge in [0.2, 0.25) is 0 Å². The van der Waals surface area contributed by atoms with Gasteiger partial charge in [0.1, 0.15) is 11.4 Å². The molecule has 6 nitrogen and oxygen atoms in total. The van der Waals surface area contributed by atoms with E-state index in [0.717, 1.165) is 37.6 Å². The van der Waals surface area contributed by atoms with Crippen molar-refractivity contribution in [3.63, 3.8) is 0 Å². The summed E-state index contributed by atoms with van der Waals surface area (Å²) in [7, 11) is 0. The van der Waals surface area contributed by atoms with Gasteiger partial charge in [-0.1, -0.05) is 0 Å². The van der Waals surface area contributed by atoms with Gasteiger partial charge in [0.15, 0.2) is 5.96 Å². The Morgan fingerprint density at radius 3 is 2.69 bits per heavy atom. The van der Waals surface area contributed by atoms with E-state index < -0.39 is 5.60 Å². The molecule has 1 aromatic rings. The summed E-state index contributed by atoms with van der Waals surface area (Å²) < 4.78 is 5.31. The fourth-order valence-corrected chi connectivity index (χ4v) is 3.05. The lowest BCUT2D eigenvalue weighted by atomic mass is 10.0. The molecule has 1 unspecified atom stereocenters. The Balaban J connectivity index is 0.00000243.